The number of hydrogen-bond donors (Lipinski definition) is 0. The third-order valence-electron chi connectivity index (χ3n) is 9.38. The number of ether oxygens (including phenoxy) is 4. The van der Waals surface area contributed by atoms with Crippen molar-refractivity contribution >= 4 is 23.9 Å². The van der Waals surface area contributed by atoms with Gasteiger partial charge < -0.3 is 28.1 Å². The largest absolute Gasteiger partial charge is 0.465 e. The zero-order valence-electron chi connectivity index (χ0n) is 28.4. The molecule has 0 saturated heterocycles. The summed E-state index contributed by atoms with van der Waals surface area (Å²) >= 11 is 0. The molecule has 0 aliphatic heterocycles. The second kappa shape index (κ2) is 18.0. The van der Waals surface area contributed by atoms with Crippen molar-refractivity contribution in [2.24, 2.45) is 49.6 Å². The van der Waals surface area contributed by atoms with Crippen LogP contribution in [0.2, 0.25) is 0 Å². The van der Waals surface area contributed by atoms with Crippen molar-refractivity contribution in [3.05, 3.63) is 36.4 Å². The zero-order chi connectivity index (χ0) is 33.8. The highest BCUT2D eigenvalue weighted by Gasteiger charge is 2.36. The minimum absolute atomic E-state index is 0.00345. The molecule has 2 aromatic rings. The molecule has 2 aliphatic carbocycles. The molecule has 4 atom stereocenters. The monoisotopic (exact) mass is 656 g/mol. The molecule has 4 rings (SSSR count). The van der Waals surface area contributed by atoms with E-state index in [2.05, 4.69) is 9.97 Å². The Bertz CT molecular complexity index is 1220. The average molecular weight is 657 g/mol. The van der Waals surface area contributed by atoms with Gasteiger partial charge in [0, 0.05) is 49.7 Å². The van der Waals surface area contributed by atoms with Crippen LogP contribution in [0.5, 0.6) is 0 Å². The molecule has 2 aromatic heterocycles. The first-order chi connectivity index (χ1) is 22.7. The van der Waals surface area contributed by atoms with E-state index < -0.39 is 11.8 Å². The van der Waals surface area contributed by atoms with E-state index in [9.17, 15) is 19.2 Å². The smallest absolute Gasteiger partial charge is 0.309 e. The van der Waals surface area contributed by atoms with Crippen LogP contribution in [0.25, 0.3) is 0 Å². The number of hydrogen-bond acceptors (Lipinski definition) is 10. The predicted octanol–water partition coefficient (Wildman–Crippen LogP) is 4.39. The summed E-state index contributed by atoms with van der Waals surface area (Å²) in [7, 11) is 3.81. The third kappa shape index (κ3) is 11.2. The van der Waals surface area contributed by atoms with Gasteiger partial charge in [-0.2, -0.15) is 0 Å². The van der Waals surface area contributed by atoms with E-state index in [0.29, 0.717) is 38.5 Å². The Labute approximate surface area is 277 Å². The molecule has 0 spiro atoms. The lowest BCUT2D eigenvalue weighted by Crippen LogP contribution is -2.32. The second-order valence-electron chi connectivity index (χ2n) is 13.2. The third-order valence-corrected chi connectivity index (χ3v) is 9.38. The van der Waals surface area contributed by atoms with Crippen molar-refractivity contribution in [1.29, 1.82) is 0 Å². The maximum absolute atomic E-state index is 13.1. The summed E-state index contributed by atoms with van der Waals surface area (Å²) in [5, 5.41) is 0. The summed E-state index contributed by atoms with van der Waals surface area (Å²) in [5.74, 6) is -2.20. The fraction of sp³-hybridized carbons (Fsp3) is 0.714. The highest BCUT2D eigenvalue weighted by molar-refractivity contribution is 5.76. The van der Waals surface area contributed by atoms with E-state index in [1.165, 1.54) is 0 Å². The highest BCUT2D eigenvalue weighted by Crippen LogP contribution is 2.32. The lowest BCUT2D eigenvalue weighted by atomic mass is 9.87. The molecule has 12 nitrogen and oxygen atoms in total. The quantitative estimate of drug-likeness (QED) is 0.102. The molecule has 0 bridgehead atoms. The number of nitrogens with zero attached hydrogens (tertiary/aromatic N) is 4. The topological polar surface area (TPSA) is 141 Å². The van der Waals surface area contributed by atoms with Crippen LogP contribution in [0.15, 0.2) is 25.0 Å². The molecular formula is C35H52N4O8. The molecule has 0 radical (unpaired) electrons. The van der Waals surface area contributed by atoms with Crippen molar-refractivity contribution in [3.8, 4) is 0 Å². The Morgan fingerprint density at radius 2 is 1.09 bits per heavy atom. The number of esters is 4. The van der Waals surface area contributed by atoms with Crippen molar-refractivity contribution in [2.75, 3.05) is 26.4 Å². The normalized spacial score (nSPS) is 16.9. The van der Waals surface area contributed by atoms with E-state index >= 15 is 0 Å². The Morgan fingerprint density at radius 3 is 1.40 bits per heavy atom. The molecule has 0 N–H and O–H groups in total. The fourth-order valence-corrected chi connectivity index (χ4v) is 5.91. The molecule has 260 valence electrons. The molecular weight excluding hydrogens is 604 g/mol. The van der Waals surface area contributed by atoms with Gasteiger partial charge in [-0.15, -0.1) is 0 Å². The molecule has 2 saturated carbocycles. The van der Waals surface area contributed by atoms with Crippen molar-refractivity contribution < 1.29 is 38.1 Å². The van der Waals surface area contributed by atoms with E-state index in [0.717, 1.165) is 43.5 Å². The predicted molar refractivity (Wildman–Crippen MR) is 172 cm³/mol. The van der Waals surface area contributed by atoms with Crippen molar-refractivity contribution in [2.45, 2.75) is 84.5 Å². The molecule has 2 heterocycles. The first-order valence-electron chi connectivity index (χ1n) is 17.3. The zero-order valence-corrected chi connectivity index (χ0v) is 28.4. The van der Waals surface area contributed by atoms with Crippen LogP contribution < -0.4 is 0 Å². The van der Waals surface area contributed by atoms with Crippen LogP contribution in [-0.2, 0) is 65.1 Å². The van der Waals surface area contributed by atoms with Crippen LogP contribution in [-0.4, -0.2) is 69.4 Å². The van der Waals surface area contributed by atoms with Gasteiger partial charge in [-0.25, -0.2) is 9.97 Å². The summed E-state index contributed by atoms with van der Waals surface area (Å²) in [6.07, 6.45) is 14.7. The Morgan fingerprint density at radius 1 is 0.681 bits per heavy atom. The molecule has 12 heteroatoms. The molecule has 4 unspecified atom stereocenters. The van der Waals surface area contributed by atoms with Gasteiger partial charge in [0.2, 0.25) is 0 Å². The SMILES string of the molecule is CCC(C(=O)OCCCCCOC(=O)C(CC)C(COC(=O)C1CC1)Cc1cncn1C)C(COC(=O)C1CC1)Cc1cncn1C. The van der Waals surface area contributed by atoms with E-state index in [1.807, 2.05) is 37.1 Å². The van der Waals surface area contributed by atoms with E-state index in [4.69, 9.17) is 18.9 Å². The molecule has 2 aliphatic rings. The number of unbranched alkanes of at least 4 members (excludes halogenated alkanes) is 2. The summed E-state index contributed by atoms with van der Waals surface area (Å²) in [4.78, 5) is 59.1. The van der Waals surface area contributed by atoms with Gasteiger partial charge in [0.25, 0.3) is 0 Å². The van der Waals surface area contributed by atoms with Gasteiger partial charge in [0.05, 0.1) is 62.8 Å². The van der Waals surface area contributed by atoms with E-state index in [1.54, 1.807) is 25.0 Å². The molecule has 2 fully saturated rings. The highest BCUT2D eigenvalue weighted by atomic mass is 16.5. The standard InChI is InChI=1S/C35H52N4O8/c1-5-30(26(16-28-18-36-22-38(28)3)20-46-32(40)24-10-11-24)34(42)44-14-8-7-9-15-45-35(43)31(6-2)27(17-29-19-37-23-39(29)4)21-47-33(41)25-12-13-25/h18-19,22-27,30-31H,5-17,20-21H2,1-4H3. The molecule has 47 heavy (non-hydrogen) atoms. The number of carbonyl (C=O) groups excluding carboxylic acids is 4. The molecule has 0 amide bonds. The lowest BCUT2D eigenvalue weighted by Gasteiger charge is -2.25. The molecule has 0 aromatic carbocycles. The maximum Gasteiger partial charge on any atom is 0.309 e. The minimum atomic E-state index is -0.410. The van der Waals surface area contributed by atoms with Gasteiger partial charge in [-0.1, -0.05) is 13.8 Å². The van der Waals surface area contributed by atoms with Gasteiger partial charge in [-0.05, 0) is 70.6 Å². The Hall–Kier alpha value is -3.70. The van der Waals surface area contributed by atoms with Crippen molar-refractivity contribution in [1.82, 2.24) is 19.1 Å². The van der Waals surface area contributed by atoms with Gasteiger partial charge in [0.15, 0.2) is 0 Å². The second-order valence-corrected chi connectivity index (χ2v) is 13.2. The summed E-state index contributed by atoms with van der Waals surface area (Å²) in [6.45, 7) is 4.76. The summed E-state index contributed by atoms with van der Waals surface area (Å²) in [5.41, 5.74) is 1.93. The van der Waals surface area contributed by atoms with Crippen LogP contribution in [0.4, 0.5) is 0 Å². The van der Waals surface area contributed by atoms with Crippen LogP contribution in [0, 0.1) is 35.5 Å². The number of aromatic nitrogens is 4. The lowest BCUT2D eigenvalue weighted by molar-refractivity contribution is -0.156. The number of imidazole rings is 2. The van der Waals surface area contributed by atoms with Crippen LogP contribution >= 0.6 is 0 Å². The Balaban J connectivity index is 1.19. The van der Waals surface area contributed by atoms with Gasteiger partial charge in [0.1, 0.15) is 0 Å². The number of aryl methyl sites for hydroxylation is 2. The van der Waals surface area contributed by atoms with Gasteiger partial charge >= 0.3 is 23.9 Å². The summed E-state index contributed by atoms with van der Waals surface area (Å²) < 4.78 is 26.4. The van der Waals surface area contributed by atoms with Crippen LogP contribution in [0.1, 0.15) is 83.0 Å². The van der Waals surface area contributed by atoms with Crippen molar-refractivity contribution in [3.63, 3.8) is 0 Å². The average Bonchev–Trinajstić information content (AvgIpc) is 3.99. The Kier molecular flexibility index (Phi) is 13.8. The van der Waals surface area contributed by atoms with E-state index in [-0.39, 0.29) is 74.0 Å². The number of carbonyl (C=O) groups is 4. The fourth-order valence-electron chi connectivity index (χ4n) is 5.91. The minimum Gasteiger partial charge on any atom is -0.465 e. The first-order valence-corrected chi connectivity index (χ1v) is 17.3. The summed E-state index contributed by atoms with van der Waals surface area (Å²) in [6, 6.07) is 0. The maximum atomic E-state index is 13.1. The van der Waals surface area contributed by atoms with Crippen LogP contribution in [0.3, 0.4) is 0 Å². The first kappa shape index (κ1) is 36.1. The van der Waals surface area contributed by atoms with Gasteiger partial charge in [-0.3, -0.25) is 19.2 Å². The number of rotatable bonds is 22.